The molecule has 0 amide bonds. The Morgan fingerprint density at radius 1 is 0.792 bits per heavy atom. The number of benzene rings is 2. The molecule has 0 aliphatic heterocycles. The third-order valence-electron chi connectivity index (χ3n) is 3.19. The van der Waals surface area contributed by atoms with Crippen molar-refractivity contribution in [1.82, 2.24) is 0 Å². The number of esters is 1. The topological polar surface area (TPSA) is 35.5 Å². The highest BCUT2D eigenvalue weighted by molar-refractivity contribution is 7.68. The Morgan fingerprint density at radius 3 is 1.58 bits per heavy atom. The maximum Gasteiger partial charge on any atom is 0.338 e. The lowest BCUT2D eigenvalue weighted by molar-refractivity contribution is -0.170. The van der Waals surface area contributed by atoms with E-state index in [1.54, 1.807) is 13.8 Å². The average molecular weight is 344 g/mol. The van der Waals surface area contributed by atoms with Gasteiger partial charge in [0.25, 0.3) is 0 Å². The minimum atomic E-state index is -1.11. The molecule has 0 unspecified atom stereocenters. The summed E-state index contributed by atoms with van der Waals surface area (Å²) in [4.78, 5) is 12.5. The van der Waals surface area contributed by atoms with Gasteiger partial charge < -0.3 is 9.26 Å². The van der Waals surface area contributed by atoms with Crippen LogP contribution in [0.2, 0.25) is 0 Å². The number of rotatable bonds is 5. The summed E-state index contributed by atoms with van der Waals surface area (Å²) in [6.07, 6.45) is 0. The van der Waals surface area contributed by atoms with Crippen LogP contribution in [-0.4, -0.2) is 17.2 Å². The SMILES string of the molecule is CC(C)(C)OC(=O)C(C)(C)OP(c1ccccc1)c1ccccc1. The lowest BCUT2D eigenvalue weighted by Crippen LogP contribution is -2.41. The van der Waals surface area contributed by atoms with Gasteiger partial charge in [0.2, 0.25) is 0 Å². The summed E-state index contributed by atoms with van der Waals surface area (Å²) in [5.74, 6) is -0.352. The molecule has 0 aromatic heterocycles. The van der Waals surface area contributed by atoms with E-state index >= 15 is 0 Å². The molecule has 0 aliphatic rings. The highest BCUT2D eigenvalue weighted by Gasteiger charge is 2.37. The molecule has 2 rings (SSSR count). The van der Waals surface area contributed by atoms with Crippen LogP contribution in [0.3, 0.4) is 0 Å². The van der Waals surface area contributed by atoms with E-state index < -0.39 is 19.4 Å². The van der Waals surface area contributed by atoms with Gasteiger partial charge in [-0.1, -0.05) is 60.7 Å². The van der Waals surface area contributed by atoms with Crippen molar-refractivity contribution in [2.45, 2.75) is 45.8 Å². The number of ether oxygens (including phenoxy) is 1. The lowest BCUT2D eigenvalue weighted by atomic mass is 10.1. The Morgan fingerprint density at radius 2 is 1.21 bits per heavy atom. The zero-order valence-electron chi connectivity index (χ0n) is 14.9. The Kier molecular flexibility index (Phi) is 5.79. The molecular formula is C20H25O3P. The second-order valence-corrected chi connectivity index (χ2v) is 8.87. The van der Waals surface area contributed by atoms with E-state index in [0.29, 0.717) is 0 Å². The number of hydrogen-bond donors (Lipinski definition) is 0. The highest BCUT2D eigenvalue weighted by Crippen LogP contribution is 2.40. The van der Waals surface area contributed by atoms with Crippen molar-refractivity contribution in [1.29, 1.82) is 0 Å². The summed E-state index contributed by atoms with van der Waals surface area (Å²) in [7, 11) is -1.11. The van der Waals surface area contributed by atoms with Crippen LogP contribution in [0.25, 0.3) is 0 Å². The molecule has 0 aliphatic carbocycles. The summed E-state index contributed by atoms with van der Waals surface area (Å²) in [6, 6.07) is 20.0. The van der Waals surface area contributed by atoms with Crippen LogP contribution in [0.5, 0.6) is 0 Å². The Balaban J connectivity index is 2.30. The van der Waals surface area contributed by atoms with Crippen molar-refractivity contribution >= 4 is 24.7 Å². The van der Waals surface area contributed by atoms with Crippen LogP contribution in [-0.2, 0) is 14.1 Å². The normalized spacial score (nSPS) is 12.2. The average Bonchev–Trinajstić information content (AvgIpc) is 2.53. The van der Waals surface area contributed by atoms with Gasteiger partial charge in [-0.25, -0.2) is 4.79 Å². The summed E-state index contributed by atoms with van der Waals surface area (Å²) >= 11 is 0. The molecule has 2 aromatic rings. The van der Waals surface area contributed by atoms with Crippen LogP contribution in [0.15, 0.2) is 60.7 Å². The minimum absolute atomic E-state index is 0.352. The molecule has 0 saturated carbocycles. The molecule has 3 nitrogen and oxygen atoms in total. The number of hydrogen-bond acceptors (Lipinski definition) is 3. The predicted octanol–water partition coefficient (Wildman–Crippen LogP) is 4.17. The summed E-state index contributed by atoms with van der Waals surface area (Å²) < 4.78 is 11.8. The molecular weight excluding hydrogens is 319 g/mol. The zero-order chi connectivity index (χ0) is 17.8. The van der Waals surface area contributed by atoms with E-state index in [-0.39, 0.29) is 5.97 Å². The third kappa shape index (κ3) is 5.15. The maximum absolute atomic E-state index is 12.5. The van der Waals surface area contributed by atoms with Crippen LogP contribution in [0.1, 0.15) is 34.6 Å². The standard InChI is InChI=1S/C20H25O3P/c1-19(2,3)22-18(21)20(4,5)23-24(16-12-8-6-9-13-16)17-14-10-7-11-15-17/h6-15H,1-5H3. The van der Waals surface area contributed by atoms with Crippen molar-refractivity contribution in [2.24, 2.45) is 0 Å². The number of carbonyl (C=O) groups excluding carboxylic acids is 1. The Hall–Kier alpha value is -1.70. The minimum Gasteiger partial charge on any atom is -0.458 e. The van der Waals surface area contributed by atoms with Crippen molar-refractivity contribution in [2.75, 3.05) is 0 Å². The van der Waals surface area contributed by atoms with Crippen molar-refractivity contribution < 1.29 is 14.1 Å². The van der Waals surface area contributed by atoms with Gasteiger partial charge >= 0.3 is 5.97 Å². The number of carbonyl (C=O) groups is 1. The summed E-state index contributed by atoms with van der Waals surface area (Å²) in [6.45, 7) is 9.11. The molecule has 0 radical (unpaired) electrons. The van der Waals surface area contributed by atoms with Crippen molar-refractivity contribution in [3.63, 3.8) is 0 Å². The Labute approximate surface area is 145 Å². The molecule has 128 valence electrons. The molecule has 24 heavy (non-hydrogen) atoms. The van der Waals surface area contributed by atoms with Gasteiger partial charge in [-0.05, 0) is 34.6 Å². The van der Waals surface area contributed by atoms with E-state index in [1.807, 2.05) is 81.4 Å². The second-order valence-electron chi connectivity index (χ2n) is 7.07. The van der Waals surface area contributed by atoms with Gasteiger partial charge in [0.05, 0.1) is 8.15 Å². The largest absolute Gasteiger partial charge is 0.458 e. The first-order valence-electron chi connectivity index (χ1n) is 8.02. The molecule has 0 heterocycles. The van der Waals surface area contributed by atoms with Crippen LogP contribution in [0.4, 0.5) is 0 Å². The summed E-state index contributed by atoms with van der Waals surface area (Å²) in [5, 5.41) is 2.13. The van der Waals surface area contributed by atoms with Gasteiger partial charge in [0.1, 0.15) is 5.60 Å². The first-order valence-corrected chi connectivity index (χ1v) is 9.28. The quantitative estimate of drug-likeness (QED) is 0.603. The van der Waals surface area contributed by atoms with E-state index in [9.17, 15) is 4.79 Å². The van der Waals surface area contributed by atoms with Gasteiger partial charge in [-0.2, -0.15) is 0 Å². The highest BCUT2D eigenvalue weighted by atomic mass is 31.1. The van der Waals surface area contributed by atoms with Crippen LogP contribution in [0, 0.1) is 0 Å². The van der Waals surface area contributed by atoms with Gasteiger partial charge in [-0.15, -0.1) is 0 Å². The summed E-state index contributed by atoms with van der Waals surface area (Å²) in [5.41, 5.74) is -1.58. The van der Waals surface area contributed by atoms with E-state index in [1.165, 1.54) is 0 Å². The van der Waals surface area contributed by atoms with Gasteiger partial charge in [0.15, 0.2) is 5.60 Å². The van der Waals surface area contributed by atoms with Gasteiger partial charge in [-0.3, -0.25) is 0 Å². The molecule has 0 fully saturated rings. The monoisotopic (exact) mass is 344 g/mol. The van der Waals surface area contributed by atoms with Gasteiger partial charge in [0, 0.05) is 10.6 Å². The molecule has 0 bridgehead atoms. The lowest BCUT2D eigenvalue weighted by Gasteiger charge is -2.32. The van der Waals surface area contributed by atoms with E-state index in [2.05, 4.69) is 0 Å². The Bertz CT molecular complexity index is 621. The fourth-order valence-corrected chi connectivity index (χ4v) is 3.97. The fraction of sp³-hybridized carbons (Fsp3) is 0.350. The van der Waals surface area contributed by atoms with E-state index in [4.69, 9.17) is 9.26 Å². The fourth-order valence-electron chi connectivity index (χ4n) is 2.05. The molecule has 0 N–H and O–H groups in total. The third-order valence-corrected chi connectivity index (χ3v) is 5.36. The first kappa shape index (κ1) is 18.6. The zero-order valence-corrected chi connectivity index (χ0v) is 15.8. The molecule has 0 saturated heterocycles. The van der Waals surface area contributed by atoms with Crippen LogP contribution >= 0.6 is 8.15 Å². The smallest absolute Gasteiger partial charge is 0.338 e. The molecule has 4 heteroatoms. The molecule has 0 spiro atoms. The van der Waals surface area contributed by atoms with Crippen LogP contribution < -0.4 is 10.6 Å². The first-order chi connectivity index (χ1) is 11.2. The molecule has 2 aromatic carbocycles. The van der Waals surface area contributed by atoms with E-state index in [0.717, 1.165) is 10.6 Å². The predicted molar refractivity (Wildman–Crippen MR) is 100 cm³/mol. The molecule has 0 atom stereocenters. The maximum atomic E-state index is 12.5. The van der Waals surface area contributed by atoms with Crippen molar-refractivity contribution in [3.8, 4) is 0 Å². The van der Waals surface area contributed by atoms with Crippen molar-refractivity contribution in [3.05, 3.63) is 60.7 Å². The second kappa shape index (κ2) is 7.46.